The van der Waals surface area contributed by atoms with Crippen molar-refractivity contribution in [1.82, 2.24) is 10.2 Å². The molecule has 0 aromatic carbocycles. The number of carbonyl (C=O) groups excluding carboxylic acids is 2. The van der Waals surface area contributed by atoms with Crippen LogP contribution in [0.25, 0.3) is 0 Å². The molecule has 1 atom stereocenters. The number of likely N-dealkylation sites (tertiary alicyclic amines) is 1. The van der Waals surface area contributed by atoms with Crippen molar-refractivity contribution in [2.75, 3.05) is 19.6 Å². The van der Waals surface area contributed by atoms with E-state index in [2.05, 4.69) is 17.5 Å². The molecule has 0 spiro atoms. The van der Waals surface area contributed by atoms with Crippen LogP contribution in [0.2, 0.25) is 0 Å². The molecule has 0 radical (unpaired) electrons. The average Bonchev–Trinajstić information content (AvgIpc) is 3.00. The van der Waals surface area contributed by atoms with Gasteiger partial charge in [-0.15, -0.1) is 0 Å². The van der Waals surface area contributed by atoms with E-state index in [0.717, 1.165) is 38.8 Å². The summed E-state index contributed by atoms with van der Waals surface area (Å²) in [6, 6.07) is 0. The van der Waals surface area contributed by atoms with Crippen LogP contribution in [0.4, 0.5) is 0 Å². The molecule has 1 fully saturated rings. The summed E-state index contributed by atoms with van der Waals surface area (Å²) in [5, 5.41) is 2.84. The van der Waals surface area contributed by atoms with Gasteiger partial charge in [0.2, 0.25) is 11.8 Å². The van der Waals surface area contributed by atoms with Gasteiger partial charge in [-0.05, 0) is 31.6 Å². The van der Waals surface area contributed by atoms with E-state index in [4.69, 9.17) is 0 Å². The molecular formula is C14H22N2O2. The zero-order valence-electron chi connectivity index (χ0n) is 10.9. The van der Waals surface area contributed by atoms with Crippen LogP contribution in [0.3, 0.4) is 0 Å². The van der Waals surface area contributed by atoms with E-state index in [1.807, 2.05) is 4.90 Å². The SMILES string of the molecule is O=C(C[C@H]1C=CCC1)NCCC(=O)N1CCCC1. The fourth-order valence-corrected chi connectivity index (χ4v) is 2.61. The molecule has 4 heteroatoms. The lowest BCUT2D eigenvalue weighted by molar-refractivity contribution is -0.130. The Balaban J connectivity index is 1.58. The van der Waals surface area contributed by atoms with Gasteiger partial charge in [0.25, 0.3) is 0 Å². The minimum absolute atomic E-state index is 0.0702. The molecule has 0 bridgehead atoms. The Bertz CT molecular complexity index is 333. The average molecular weight is 250 g/mol. The second-order valence-electron chi connectivity index (χ2n) is 5.16. The highest BCUT2D eigenvalue weighted by molar-refractivity contribution is 5.79. The predicted octanol–water partition coefficient (Wildman–Crippen LogP) is 1.47. The van der Waals surface area contributed by atoms with Crippen LogP contribution in [0.5, 0.6) is 0 Å². The van der Waals surface area contributed by atoms with Gasteiger partial charge in [-0.3, -0.25) is 9.59 Å². The number of allylic oxidation sites excluding steroid dienone is 2. The Morgan fingerprint density at radius 3 is 2.72 bits per heavy atom. The fourth-order valence-electron chi connectivity index (χ4n) is 2.61. The van der Waals surface area contributed by atoms with Crippen LogP contribution in [0, 0.1) is 5.92 Å². The molecular weight excluding hydrogens is 228 g/mol. The van der Waals surface area contributed by atoms with Crippen molar-refractivity contribution in [2.45, 2.75) is 38.5 Å². The van der Waals surface area contributed by atoms with Crippen molar-refractivity contribution in [3.05, 3.63) is 12.2 Å². The minimum atomic E-state index is 0.0702. The van der Waals surface area contributed by atoms with Gasteiger partial charge >= 0.3 is 0 Å². The van der Waals surface area contributed by atoms with Gasteiger partial charge in [-0.2, -0.15) is 0 Å². The molecule has 4 nitrogen and oxygen atoms in total. The van der Waals surface area contributed by atoms with Crippen LogP contribution in [0.1, 0.15) is 38.5 Å². The second-order valence-corrected chi connectivity index (χ2v) is 5.16. The Kier molecular flexibility index (Phi) is 4.79. The number of nitrogens with zero attached hydrogens (tertiary/aromatic N) is 1. The van der Waals surface area contributed by atoms with Crippen LogP contribution in [-0.4, -0.2) is 36.3 Å². The van der Waals surface area contributed by atoms with Crippen molar-refractivity contribution in [3.8, 4) is 0 Å². The summed E-state index contributed by atoms with van der Waals surface area (Å²) in [7, 11) is 0. The van der Waals surface area contributed by atoms with E-state index >= 15 is 0 Å². The number of hydrogen-bond donors (Lipinski definition) is 1. The van der Waals surface area contributed by atoms with Crippen LogP contribution < -0.4 is 5.32 Å². The minimum Gasteiger partial charge on any atom is -0.356 e. The smallest absolute Gasteiger partial charge is 0.224 e. The molecule has 100 valence electrons. The Labute approximate surface area is 108 Å². The molecule has 2 rings (SSSR count). The summed E-state index contributed by atoms with van der Waals surface area (Å²) >= 11 is 0. The molecule has 0 aromatic heterocycles. The van der Waals surface area contributed by atoms with Gasteiger partial charge < -0.3 is 10.2 Å². The van der Waals surface area contributed by atoms with Gasteiger partial charge in [0.05, 0.1) is 0 Å². The highest BCUT2D eigenvalue weighted by Gasteiger charge is 2.18. The maximum Gasteiger partial charge on any atom is 0.224 e. The normalized spacial score (nSPS) is 22.4. The first-order chi connectivity index (χ1) is 8.75. The van der Waals surface area contributed by atoms with Crippen LogP contribution in [0.15, 0.2) is 12.2 Å². The first kappa shape index (κ1) is 13.1. The van der Waals surface area contributed by atoms with E-state index in [9.17, 15) is 9.59 Å². The van der Waals surface area contributed by atoms with Crippen molar-refractivity contribution in [1.29, 1.82) is 0 Å². The molecule has 1 aliphatic heterocycles. The zero-order chi connectivity index (χ0) is 12.8. The lowest BCUT2D eigenvalue weighted by atomic mass is 10.1. The molecule has 2 aliphatic rings. The monoisotopic (exact) mass is 250 g/mol. The quantitative estimate of drug-likeness (QED) is 0.751. The lowest BCUT2D eigenvalue weighted by Gasteiger charge is -2.15. The molecule has 1 heterocycles. The maximum atomic E-state index is 11.7. The van der Waals surface area contributed by atoms with Crippen molar-refractivity contribution < 1.29 is 9.59 Å². The van der Waals surface area contributed by atoms with Gasteiger partial charge in [-0.1, -0.05) is 12.2 Å². The fraction of sp³-hybridized carbons (Fsp3) is 0.714. The summed E-state index contributed by atoms with van der Waals surface area (Å²) < 4.78 is 0. The van der Waals surface area contributed by atoms with Gasteiger partial charge in [0, 0.05) is 32.5 Å². The third-order valence-corrected chi connectivity index (χ3v) is 3.68. The number of nitrogens with one attached hydrogen (secondary N) is 1. The Hall–Kier alpha value is -1.32. The van der Waals surface area contributed by atoms with Gasteiger partial charge in [0.15, 0.2) is 0 Å². The summed E-state index contributed by atoms with van der Waals surface area (Å²) in [6.45, 7) is 2.25. The molecule has 0 aromatic rings. The maximum absolute atomic E-state index is 11.7. The Morgan fingerprint density at radius 2 is 2.06 bits per heavy atom. The summed E-state index contributed by atoms with van der Waals surface area (Å²) in [5.41, 5.74) is 0. The van der Waals surface area contributed by atoms with Crippen molar-refractivity contribution >= 4 is 11.8 Å². The number of rotatable bonds is 5. The summed E-state index contributed by atoms with van der Waals surface area (Å²) in [6.07, 6.45) is 9.66. The van der Waals surface area contributed by atoms with E-state index in [1.54, 1.807) is 0 Å². The van der Waals surface area contributed by atoms with Crippen molar-refractivity contribution in [2.24, 2.45) is 5.92 Å². The van der Waals surface area contributed by atoms with Crippen LogP contribution >= 0.6 is 0 Å². The first-order valence-electron chi connectivity index (χ1n) is 6.97. The molecule has 0 saturated carbocycles. The number of carbonyl (C=O) groups is 2. The highest BCUT2D eigenvalue weighted by Crippen LogP contribution is 2.19. The molecule has 1 saturated heterocycles. The largest absolute Gasteiger partial charge is 0.356 e. The number of hydrogen-bond acceptors (Lipinski definition) is 2. The second kappa shape index (κ2) is 6.57. The molecule has 0 unspecified atom stereocenters. The number of amides is 2. The van der Waals surface area contributed by atoms with E-state index in [-0.39, 0.29) is 11.8 Å². The highest BCUT2D eigenvalue weighted by atomic mass is 16.2. The van der Waals surface area contributed by atoms with E-state index < -0.39 is 0 Å². The molecule has 1 N–H and O–H groups in total. The predicted molar refractivity (Wildman–Crippen MR) is 69.9 cm³/mol. The molecule has 2 amide bonds. The molecule has 1 aliphatic carbocycles. The van der Waals surface area contributed by atoms with E-state index in [0.29, 0.717) is 25.3 Å². The van der Waals surface area contributed by atoms with Crippen molar-refractivity contribution in [3.63, 3.8) is 0 Å². The van der Waals surface area contributed by atoms with Crippen LogP contribution in [-0.2, 0) is 9.59 Å². The summed E-state index contributed by atoms with van der Waals surface area (Å²) in [5.74, 6) is 0.647. The molecule has 18 heavy (non-hydrogen) atoms. The Morgan fingerprint density at radius 1 is 1.28 bits per heavy atom. The van der Waals surface area contributed by atoms with Gasteiger partial charge in [0.1, 0.15) is 0 Å². The standard InChI is InChI=1S/C14H22N2O2/c17-13(11-12-5-1-2-6-12)15-8-7-14(18)16-9-3-4-10-16/h1,5,12H,2-4,6-11H2,(H,15,17)/t12-/m0/s1. The first-order valence-corrected chi connectivity index (χ1v) is 6.97. The summed E-state index contributed by atoms with van der Waals surface area (Å²) in [4.78, 5) is 25.3. The zero-order valence-corrected chi connectivity index (χ0v) is 10.9. The third-order valence-electron chi connectivity index (χ3n) is 3.68. The lowest BCUT2D eigenvalue weighted by Crippen LogP contribution is -2.33. The topological polar surface area (TPSA) is 49.4 Å². The third kappa shape index (κ3) is 3.86. The van der Waals surface area contributed by atoms with E-state index in [1.165, 1.54) is 0 Å². The van der Waals surface area contributed by atoms with Gasteiger partial charge in [-0.25, -0.2) is 0 Å².